The first-order valence-electron chi connectivity index (χ1n) is 7.93. The van der Waals surface area contributed by atoms with E-state index in [1.165, 1.54) is 20.6 Å². The standard InChI is InChI=1S/C17H25NO4/c1-10-13(16(19)21-3)15(12-8-6-5-7-9-12)14(11(2)18-10)17(20)22-4/h12-13,15H,5-9H2,1-4H3. The number of carbonyl (C=O) groups excluding carboxylic acids is 2. The van der Waals surface area contributed by atoms with E-state index in [2.05, 4.69) is 4.99 Å². The van der Waals surface area contributed by atoms with E-state index >= 15 is 0 Å². The molecule has 5 nitrogen and oxygen atoms in total. The van der Waals surface area contributed by atoms with Gasteiger partial charge in [-0.3, -0.25) is 9.79 Å². The van der Waals surface area contributed by atoms with E-state index in [9.17, 15) is 9.59 Å². The van der Waals surface area contributed by atoms with Crippen LogP contribution in [-0.2, 0) is 19.1 Å². The fourth-order valence-electron chi connectivity index (χ4n) is 3.90. The van der Waals surface area contributed by atoms with E-state index in [-0.39, 0.29) is 17.9 Å². The van der Waals surface area contributed by atoms with E-state index in [1.807, 2.05) is 13.8 Å². The first kappa shape index (κ1) is 16.7. The number of aliphatic imine (C=N–C) groups is 1. The fourth-order valence-corrected chi connectivity index (χ4v) is 3.90. The summed E-state index contributed by atoms with van der Waals surface area (Å²) in [6.45, 7) is 3.66. The molecule has 1 heterocycles. The van der Waals surface area contributed by atoms with Gasteiger partial charge in [0.25, 0.3) is 0 Å². The molecule has 1 aliphatic heterocycles. The highest BCUT2D eigenvalue weighted by molar-refractivity contribution is 6.05. The van der Waals surface area contributed by atoms with Gasteiger partial charge in [-0.25, -0.2) is 4.79 Å². The highest BCUT2D eigenvalue weighted by Gasteiger charge is 2.45. The Kier molecular flexibility index (Phi) is 5.37. The largest absolute Gasteiger partial charge is 0.468 e. The maximum Gasteiger partial charge on any atom is 0.335 e. The number of hydrogen-bond donors (Lipinski definition) is 0. The average Bonchev–Trinajstić information content (AvgIpc) is 2.53. The molecular formula is C17H25NO4. The number of esters is 2. The molecule has 0 aromatic carbocycles. The number of nitrogens with zero attached hydrogens (tertiary/aromatic N) is 1. The van der Waals surface area contributed by atoms with Crippen LogP contribution < -0.4 is 0 Å². The summed E-state index contributed by atoms with van der Waals surface area (Å²) in [4.78, 5) is 29.0. The third-order valence-corrected chi connectivity index (χ3v) is 4.89. The maximum absolute atomic E-state index is 12.3. The van der Waals surface area contributed by atoms with E-state index in [4.69, 9.17) is 9.47 Å². The van der Waals surface area contributed by atoms with Crippen molar-refractivity contribution in [3.8, 4) is 0 Å². The number of rotatable bonds is 3. The molecule has 1 fully saturated rings. The van der Waals surface area contributed by atoms with Gasteiger partial charge in [0, 0.05) is 17.3 Å². The molecule has 0 aromatic heterocycles. The summed E-state index contributed by atoms with van der Waals surface area (Å²) in [5.74, 6) is -1.06. The zero-order valence-electron chi connectivity index (χ0n) is 13.8. The lowest BCUT2D eigenvalue weighted by atomic mass is 9.68. The monoisotopic (exact) mass is 307 g/mol. The highest BCUT2D eigenvalue weighted by atomic mass is 16.5. The molecular weight excluding hydrogens is 282 g/mol. The van der Waals surface area contributed by atoms with Gasteiger partial charge < -0.3 is 9.47 Å². The van der Waals surface area contributed by atoms with Crippen LogP contribution >= 0.6 is 0 Å². The van der Waals surface area contributed by atoms with Crippen LogP contribution in [0.4, 0.5) is 0 Å². The van der Waals surface area contributed by atoms with Crippen LogP contribution in [0.5, 0.6) is 0 Å². The smallest absolute Gasteiger partial charge is 0.335 e. The van der Waals surface area contributed by atoms with Crippen LogP contribution in [0.2, 0.25) is 0 Å². The summed E-state index contributed by atoms with van der Waals surface area (Å²) >= 11 is 0. The third kappa shape index (κ3) is 3.08. The van der Waals surface area contributed by atoms with Crippen LogP contribution in [-0.4, -0.2) is 31.9 Å². The van der Waals surface area contributed by atoms with E-state index < -0.39 is 5.92 Å². The molecule has 5 heteroatoms. The Morgan fingerprint density at radius 2 is 1.68 bits per heavy atom. The lowest BCUT2D eigenvalue weighted by Gasteiger charge is -2.37. The van der Waals surface area contributed by atoms with Crippen molar-refractivity contribution in [2.24, 2.45) is 22.7 Å². The van der Waals surface area contributed by atoms with Gasteiger partial charge in [-0.05, 0) is 32.6 Å². The number of ether oxygens (including phenoxy) is 2. The molecule has 0 saturated heterocycles. The molecule has 0 spiro atoms. The van der Waals surface area contributed by atoms with Crippen molar-refractivity contribution in [1.29, 1.82) is 0 Å². The molecule has 1 aliphatic carbocycles. The normalized spacial score (nSPS) is 26.5. The minimum absolute atomic E-state index is 0.183. The summed E-state index contributed by atoms with van der Waals surface area (Å²) in [5, 5.41) is 0. The topological polar surface area (TPSA) is 65.0 Å². The molecule has 2 unspecified atom stereocenters. The zero-order chi connectivity index (χ0) is 16.3. The molecule has 122 valence electrons. The van der Waals surface area contributed by atoms with Crippen molar-refractivity contribution in [3.05, 3.63) is 11.3 Å². The molecule has 0 bridgehead atoms. The van der Waals surface area contributed by atoms with Crippen LogP contribution in [0.1, 0.15) is 46.0 Å². The highest BCUT2D eigenvalue weighted by Crippen LogP contribution is 2.43. The van der Waals surface area contributed by atoms with Crippen LogP contribution in [0, 0.1) is 17.8 Å². The van der Waals surface area contributed by atoms with Gasteiger partial charge in [0.2, 0.25) is 0 Å². The minimum Gasteiger partial charge on any atom is -0.468 e. The number of hydrogen-bond acceptors (Lipinski definition) is 5. The van der Waals surface area contributed by atoms with Crippen molar-refractivity contribution in [3.63, 3.8) is 0 Å². The quantitative estimate of drug-likeness (QED) is 0.752. The van der Waals surface area contributed by atoms with Crippen LogP contribution in [0.3, 0.4) is 0 Å². The van der Waals surface area contributed by atoms with Gasteiger partial charge in [0.1, 0.15) is 5.92 Å². The molecule has 22 heavy (non-hydrogen) atoms. The van der Waals surface area contributed by atoms with Crippen molar-refractivity contribution in [1.82, 2.24) is 0 Å². The Hall–Kier alpha value is -1.65. The number of methoxy groups -OCH3 is 2. The van der Waals surface area contributed by atoms with Gasteiger partial charge in [-0.2, -0.15) is 0 Å². The summed E-state index contributed by atoms with van der Waals surface area (Å²) in [5.41, 5.74) is 1.95. The van der Waals surface area contributed by atoms with Gasteiger partial charge in [-0.1, -0.05) is 19.3 Å². The van der Waals surface area contributed by atoms with Crippen molar-refractivity contribution in [2.75, 3.05) is 14.2 Å². The molecule has 0 radical (unpaired) electrons. The summed E-state index contributed by atoms with van der Waals surface area (Å²) in [6.07, 6.45) is 5.55. The van der Waals surface area contributed by atoms with E-state index in [0.717, 1.165) is 31.4 Å². The molecule has 0 N–H and O–H groups in total. The second-order valence-corrected chi connectivity index (χ2v) is 6.17. The second-order valence-electron chi connectivity index (χ2n) is 6.17. The molecule has 2 rings (SSSR count). The predicted molar refractivity (Wildman–Crippen MR) is 83.4 cm³/mol. The predicted octanol–water partition coefficient (Wildman–Crippen LogP) is 2.89. The Bertz CT molecular complexity index is 515. The molecule has 2 aliphatic rings. The minimum atomic E-state index is -0.481. The van der Waals surface area contributed by atoms with Gasteiger partial charge in [-0.15, -0.1) is 0 Å². The van der Waals surface area contributed by atoms with E-state index in [0.29, 0.717) is 17.2 Å². The van der Waals surface area contributed by atoms with E-state index in [1.54, 1.807) is 0 Å². The number of allylic oxidation sites excluding steroid dienone is 1. The molecule has 0 aromatic rings. The van der Waals surface area contributed by atoms with Gasteiger partial charge >= 0.3 is 11.9 Å². The van der Waals surface area contributed by atoms with Crippen LogP contribution in [0.25, 0.3) is 0 Å². The van der Waals surface area contributed by atoms with Crippen LogP contribution in [0.15, 0.2) is 16.3 Å². The molecule has 2 atom stereocenters. The molecule has 0 amide bonds. The first-order valence-corrected chi connectivity index (χ1v) is 7.93. The van der Waals surface area contributed by atoms with Crippen molar-refractivity contribution < 1.29 is 19.1 Å². The maximum atomic E-state index is 12.3. The summed E-state index contributed by atoms with van der Waals surface area (Å²) < 4.78 is 9.94. The lowest BCUT2D eigenvalue weighted by molar-refractivity contribution is -0.145. The first-order chi connectivity index (χ1) is 10.5. The third-order valence-electron chi connectivity index (χ3n) is 4.89. The molecule has 1 saturated carbocycles. The Morgan fingerprint density at radius 3 is 2.23 bits per heavy atom. The lowest BCUT2D eigenvalue weighted by Crippen LogP contribution is -2.41. The Morgan fingerprint density at radius 1 is 1.05 bits per heavy atom. The average molecular weight is 307 g/mol. The van der Waals surface area contributed by atoms with Gasteiger partial charge in [0.15, 0.2) is 0 Å². The SMILES string of the molecule is COC(=O)C1=C(C)N=C(C)C(C(=O)OC)C1C1CCCCC1. The Balaban J connectivity index is 2.48. The number of carbonyl (C=O) groups is 2. The summed E-state index contributed by atoms with van der Waals surface area (Å²) in [6, 6.07) is 0. The second kappa shape index (κ2) is 7.07. The van der Waals surface area contributed by atoms with Crippen molar-refractivity contribution in [2.45, 2.75) is 46.0 Å². The fraction of sp³-hybridized carbons (Fsp3) is 0.706. The zero-order valence-corrected chi connectivity index (χ0v) is 13.8. The summed E-state index contributed by atoms with van der Waals surface area (Å²) in [7, 11) is 2.76. The Labute approximate surface area is 131 Å². The van der Waals surface area contributed by atoms with Crippen molar-refractivity contribution >= 4 is 17.7 Å². The van der Waals surface area contributed by atoms with Gasteiger partial charge in [0.05, 0.1) is 19.8 Å².